The average Bonchev–Trinajstić information content (AvgIpc) is 3.43. The van der Waals surface area contributed by atoms with E-state index in [0.29, 0.717) is 6.61 Å². The number of nitrogens with zero attached hydrogens (tertiary/aromatic N) is 3. The number of aromatic amines is 1. The van der Waals surface area contributed by atoms with Crippen LogP contribution in [0.2, 0.25) is 0 Å². The van der Waals surface area contributed by atoms with Crippen molar-refractivity contribution in [3.05, 3.63) is 70.0 Å². The molecule has 0 fully saturated rings. The van der Waals surface area contributed by atoms with Crippen molar-refractivity contribution >= 4 is 0 Å². The number of ether oxygens (including phenoxy) is 1. The molecule has 1 heterocycles. The summed E-state index contributed by atoms with van der Waals surface area (Å²) in [6.07, 6.45) is 8.15. The molecular formula is C31H46N4O2. The minimum Gasteiger partial charge on any atom is -0.493 e. The predicted octanol–water partition coefficient (Wildman–Crippen LogP) is 6.81. The van der Waals surface area contributed by atoms with Gasteiger partial charge in [0.15, 0.2) is 0 Å². The lowest BCUT2D eigenvalue weighted by molar-refractivity contribution is 0.0239. The number of H-pyrrole nitrogens is 1. The molecule has 0 radical (unpaired) electrons. The van der Waals surface area contributed by atoms with Crippen molar-refractivity contribution in [2.45, 2.75) is 110 Å². The van der Waals surface area contributed by atoms with Crippen LogP contribution in [0.5, 0.6) is 5.75 Å². The van der Waals surface area contributed by atoms with E-state index in [1.807, 2.05) is 0 Å². The third-order valence-corrected chi connectivity index (χ3v) is 8.46. The third-order valence-electron chi connectivity index (χ3n) is 8.46. The van der Waals surface area contributed by atoms with Gasteiger partial charge in [-0.1, -0.05) is 58.0 Å². The number of aryl methyl sites for hydroxylation is 4. The molecule has 1 aromatic heterocycles. The number of nitrogens with one attached hydrogen (secondary N) is 1. The molecule has 0 amide bonds. The van der Waals surface area contributed by atoms with Crippen LogP contribution in [0.3, 0.4) is 0 Å². The Morgan fingerprint density at radius 1 is 0.838 bits per heavy atom. The van der Waals surface area contributed by atoms with Gasteiger partial charge >= 0.3 is 0 Å². The highest BCUT2D eigenvalue weighted by Gasteiger charge is 2.31. The number of aliphatic hydroxyl groups is 1. The van der Waals surface area contributed by atoms with Crippen molar-refractivity contribution in [1.82, 2.24) is 20.6 Å². The summed E-state index contributed by atoms with van der Waals surface area (Å²) in [7, 11) is 0. The Balaban J connectivity index is 1.71. The highest BCUT2D eigenvalue weighted by atomic mass is 16.5. The Labute approximate surface area is 223 Å². The first kappa shape index (κ1) is 28.8. The van der Waals surface area contributed by atoms with Crippen LogP contribution in [0.25, 0.3) is 0 Å². The van der Waals surface area contributed by atoms with Gasteiger partial charge in [0.2, 0.25) is 0 Å². The fraction of sp³-hybridized carbons (Fsp3) is 0.581. The minimum absolute atomic E-state index is 0.0364. The molecular weight excluding hydrogens is 460 g/mol. The zero-order chi connectivity index (χ0) is 26.9. The Hall–Kier alpha value is -2.73. The summed E-state index contributed by atoms with van der Waals surface area (Å²) in [4.78, 5) is 0. The number of unbranched alkanes of at least 4 members (excludes halogenated alkanes) is 1. The van der Waals surface area contributed by atoms with Crippen LogP contribution in [-0.4, -0.2) is 37.9 Å². The Bertz CT molecular complexity index is 1100. The second kappa shape index (κ2) is 13.2. The van der Waals surface area contributed by atoms with Gasteiger partial charge in [-0.25, -0.2) is 5.10 Å². The van der Waals surface area contributed by atoms with E-state index < -0.39 is 5.60 Å². The van der Waals surface area contributed by atoms with Crippen molar-refractivity contribution in [3.63, 3.8) is 0 Å². The van der Waals surface area contributed by atoms with Crippen molar-refractivity contribution in [2.75, 3.05) is 6.61 Å². The van der Waals surface area contributed by atoms with Crippen LogP contribution >= 0.6 is 0 Å². The molecule has 0 aliphatic heterocycles. The van der Waals surface area contributed by atoms with Crippen molar-refractivity contribution < 1.29 is 9.84 Å². The maximum absolute atomic E-state index is 10.7. The highest BCUT2D eigenvalue weighted by molar-refractivity contribution is 5.47. The van der Waals surface area contributed by atoms with E-state index in [2.05, 4.69) is 98.6 Å². The molecule has 2 N–H and O–H groups in total. The van der Waals surface area contributed by atoms with E-state index in [9.17, 15) is 5.11 Å². The fourth-order valence-corrected chi connectivity index (χ4v) is 5.45. The molecule has 3 aromatic rings. The van der Waals surface area contributed by atoms with Gasteiger partial charge < -0.3 is 9.84 Å². The van der Waals surface area contributed by atoms with Gasteiger partial charge in [-0.05, 0) is 110 Å². The highest BCUT2D eigenvalue weighted by Crippen LogP contribution is 2.41. The summed E-state index contributed by atoms with van der Waals surface area (Å²) >= 11 is 0. The van der Waals surface area contributed by atoms with Gasteiger partial charge in [0.1, 0.15) is 11.6 Å². The predicted molar refractivity (Wildman–Crippen MR) is 150 cm³/mol. The summed E-state index contributed by atoms with van der Waals surface area (Å²) < 4.78 is 6.12. The van der Waals surface area contributed by atoms with Crippen LogP contribution < -0.4 is 4.74 Å². The van der Waals surface area contributed by atoms with E-state index in [1.54, 1.807) is 0 Å². The van der Waals surface area contributed by atoms with E-state index in [-0.39, 0.29) is 5.41 Å². The molecule has 37 heavy (non-hydrogen) atoms. The molecule has 0 atom stereocenters. The topological polar surface area (TPSA) is 83.9 Å². The SMILES string of the molecule is CCC(O)(CC)CCc1ccc(C(CC)(CC)c2ccc(OCCCCc3nnn[nH]3)c(C)c2)cc1C. The maximum atomic E-state index is 10.7. The average molecular weight is 507 g/mol. The molecule has 202 valence electrons. The van der Waals surface area contributed by atoms with E-state index in [4.69, 9.17) is 4.74 Å². The number of benzene rings is 2. The molecule has 0 aliphatic carbocycles. The third kappa shape index (κ3) is 6.98. The molecule has 0 saturated carbocycles. The molecule has 0 aliphatic rings. The normalized spacial score (nSPS) is 12.2. The molecule has 6 nitrogen and oxygen atoms in total. The second-order valence-corrected chi connectivity index (χ2v) is 10.5. The maximum Gasteiger partial charge on any atom is 0.148 e. The summed E-state index contributed by atoms with van der Waals surface area (Å²) in [5.74, 6) is 1.78. The first-order chi connectivity index (χ1) is 17.8. The standard InChI is InChI=1S/C31H46N4O2/c1-7-30(36,8-2)19-18-25-14-15-26(21-23(25)5)31(9-3,10-4)27-16-17-28(24(6)22-27)37-20-12-11-13-29-32-34-35-33-29/h14-17,21-22,36H,7-13,18-20H2,1-6H3,(H,32,33,34,35). The van der Waals surface area contributed by atoms with Crippen molar-refractivity contribution in [2.24, 2.45) is 0 Å². The number of rotatable bonds is 15. The zero-order valence-electron chi connectivity index (χ0n) is 23.7. The van der Waals surface area contributed by atoms with Gasteiger partial charge in [0, 0.05) is 11.8 Å². The molecule has 0 spiro atoms. The number of hydrogen-bond donors (Lipinski definition) is 2. The van der Waals surface area contributed by atoms with E-state index >= 15 is 0 Å². The lowest BCUT2D eigenvalue weighted by Gasteiger charge is -2.34. The zero-order valence-corrected chi connectivity index (χ0v) is 23.7. The van der Waals surface area contributed by atoms with Crippen LogP contribution in [0.15, 0.2) is 36.4 Å². The number of hydrogen-bond acceptors (Lipinski definition) is 5. The number of aromatic nitrogens is 4. The van der Waals surface area contributed by atoms with Gasteiger partial charge in [0.25, 0.3) is 0 Å². The Morgan fingerprint density at radius 3 is 2.08 bits per heavy atom. The summed E-state index contributed by atoms with van der Waals surface area (Å²) in [6, 6.07) is 13.7. The second-order valence-electron chi connectivity index (χ2n) is 10.5. The van der Waals surface area contributed by atoms with Crippen LogP contribution in [0.4, 0.5) is 0 Å². The van der Waals surface area contributed by atoms with E-state index in [1.165, 1.54) is 27.8 Å². The van der Waals surface area contributed by atoms with E-state index in [0.717, 1.165) is 69.4 Å². The van der Waals surface area contributed by atoms with Crippen LogP contribution in [0.1, 0.15) is 106 Å². The first-order valence-corrected chi connectivity index (χ1v) is 14.1. The lowest BCUT2D eigenvalue weighted by Crippen LogP contribution is -2.28. The van der Waals surface area contributed by atoms with Crippen molar-refractivity contribution in [1.29, 1.82) is 0 Å². The van der Waals surface area contributed by atoms with Gasteiger partial charge in [-0.15, -0.1) is 5.10 Å². The van der Waals surface area contributed by atoms with Gasteiger partial charge in [-0.3, -0.25) is 0 Å². The van der Waals surface area contributed by atoms with Gasteiger partial charge in [-0.2, -0.15) is 0 Å². The molecule has 3 rings (SSSR count). The Kier molecular flexibility index (Phi) is 10.3. The molecule has 0 unspecified atom stereocenters. The largest absolute Gasteiger partial charge is 0.493 e. The molecule has 6 heteroatoms. The van der Waals surface area contributed by atoms with Crippen LogP contribution in [-0.2, 0) is 18.3 Å². The smallest absolute Gasteiger partial charge is 0.148 e. The summed E-state index contributed by atoms with van der Waals surface area (Å²) in [5.41, 5.74) is 5.95. The fourth-order valence-electron chi connectivity index (χ4n) is 5.45. The quantitative estimate of drug-likeness (QED) is 0.221. The Morgan fingerprint density at radius 2 is 1.51 bits per heavy atom. The minimum atomic E-state index is -0.558. The molecule has 0 saturated heterocycles. The summed E-state index contributed by atoms with van der Waals surface area (Å²) in [6.45, 7) is 13.8. The monoisotopic (exact) mass is 506 g/mol. The lowest BCUT2D eigenvalue weighted by atomic mass is 9.69. The first-order valence-electron chi connectivity index (χ1n) is 14.1. The van der Waals surface area contributed by atoms with Gasteiger partial charge in [0.05, 0.1) is 12.2 Å². The molecule has 0 bridgehead atoms. The number of tetrazole rings is 1. The van der Waals surface area contributed by atoms with Crippen molar-refractivity contribution in [3.8, 4) is 5.75 Å². The molecule has 2 aromatic carbocycles. The summed E-state index contributed by atoms with van der Waals surface area (Å²) in [5, 5.41) is 24.7. The van der Waals surface area contributed by atoms with Crippen LogP contribution in [0, 0.1) is 13.8 Å².